The number of hydrogen-bond acceptors (Lipinski definition) is 11. The number of carbonyl (C=O) groups excluding carboxylic acids is 1. The molecule has 0 spiro atoms. The van der Waals surface area contributed by atoms with Gasteiger partial charge in [0.15, 0.2) is 11.3 Å². The summed E-state index contributed by atoms with van der Waals surface area (Å²) in [6.07, 6.45) is -4.19. The number of aliphatic hydroxyl groups is 5. The van der Waals surface area contributed by atoms with Crippen LogP contribution in [0.25, 0.3) is 11.0 Å². The summed E-state index contributed by atoms with van der Waals surface area (Å²) in [6.45, 7) is 1.30. The minimum Gasteiger partial charge on any atom is -0.490 e. The molecule has 1 aliphatic carbocycles. The SMILES string of the molecule is CCOC(=O)[C@@H]1CCc2c(c(O[C@H]3O[C@H](CO)[C@@H](O)[C@H](O)[C@H]3O)c(OC)c3occ(CCO)c23)C1. The van der Waals surface area contributed by atoms with Crippen molar-refractivity contribution in [3.63, 3.8) is 0 Å². The maximum atomic E-state index is 12.6. The first-order chi connectivity index (χ1) is 16.9. The molecule has 5 N–H and O–H groups in total. The lowest BCUT2D eigenvalue weighted by molar-refractivity contribution is -0.277. The predicted octanol–water partition coefficient (Wildman–Crippen LogP) is -0.177. The topological polar surface area (TPSA) is 168 Å². The molecular formula is C24H32O11. The maximum Gasteiger partial charge on any atom is 0.309 e. The van der Waals surface area contributed by atoms with Gasteiger partial charge in [0, 0.05) is 23.1 Å². The van der Waals surface area contributed by atoms with Crippen molar-refractivity contribution in [2.45, 2.75) is 63.3 Å². The number of benzene rings is 1. The summed E-state index contributed by atoms with van der Waals surface area (Å²) < 4.78 is 28.3. The smallest absolute Gasteiger partial charge is 0.309 e. The molecule has 1 aromatic carbocycles. The van der Waals surface area contributed by atoms with Crippen molar-refractivity contribution in [1.82, 2.24) is 0 Å². The fourth-order valence-corrected chi connectivity index (χ4v) is 4.94. The van der Waals surface area contributed by atoms with E-state index in [1.807, 2.05) is 0 Å². The van der Waals surface area contributed by atoms with Gasteiger partial charge in [-0.25, -0.2) is 0 Å². The summed E-state index contributed by atoms with van der Waals surface area (Å²) in [5.74, 6) is -0.406. The van der Waals surface area contributed by atoms with Crippen LogP contribution in [0.1, 0.15) is 30.0 Å². The van der Waals surface area contributed by atoms with Gasteiger partial charge in [-0.05, 0) is 38.2 Å². The number of carbonyl (C=O) groups is 1. The molecule has 0 radical (unpaired) electrons. The second-order valence-corrected chi connectivity index (χ2v) is 8.77. The van der Waals surface area contributed by atoms with Crippen LogP contribution < -0.4 is 9.47 Å². The average Bonchev–Trinajstić information content (AvgIpc) is 3.28. The molecular weight excluding hydrogens is 464 g/mol. The van der Waals surface area contributed by atoms with Gasteiger partial charge >= 0.3 is 5.97 Å². The lowest BCUT2D eigenvalue weighted by atomic mass is 9.81. The largest absolute Gasteiger partial charge is 0.490 e. The van der Waals surface area contributed by atoms with Gasteiger partial charge in [-0.3, -0.25) is 4.79 Å². The summed E-state index contributed by atoms with van der Waals surface area (Å²) in [4.78, 5) is 12.6. The molecule has 0 saturated carbocycles. The lowest BCUT2D eigenvalue weighted by Crippen LogP contribution is -2.60. The number of fused-ring (bicyclic) bond motifs is 3. The van der Waals surface area contributed by atoms with Crippen molar-refractivity contribution in [2.75, 3.05) is 26.9 Å². The third-order valence-corrected chi connectivity index (χ3v) is 6.70. The van der Waals surface area contributed by atoms with E-state index in [9.17, 15) is 30.3 Å². The molecule has 35 heavy (non-hydrogen) atoms. The monoisotopic (exact) mass is 496 g/mol. The van der Waals surface area contributed by atoms with Crippen LogP contribution in [-0.2, 0) is 33.5 Å². The Morgan fingerprint density at radius 2 is 1.89 bits per heavy atom. The number of aryl methyl sites for hydroxylation is 1. The van der Waals surface area contributed by atoms with Gasteiger partial charge in [-0.15, -0.1) is 0 Å². The van der Waals surface area contributed by atoms with Crippen LogP contribution in [0.3, 0.4) is 0 Å². The van der Waals surface area contributed by atoms with E-state index in [2.05, 4.69) is 0 Å². The Kier molecular flexibility index (Phi) is 7.84. The maximum absolute atomic E-state index is 12.6. The molecule has 1 fully saturated rings. The summed E-state index contributed by atoms with van der Waals surface area (Å²) in [6, 6.07) is 0. The summed E-state index contributed by atoms with van der Waals surface area (Å²) in [5.41, 5.74) is 2.66. The molecule has 0 bridgehead atoms. The Bertz CT molecular complexity index is 1050. The molecule has 11 heteroatoms. The Hall–Kier alpha value is -2.41. The van der Waals surface area contributed by atoms with Gasteiger partial charge in [0.25, 0.3) is 0 Å². The Morgan fingerprint density at radius 1 is 1.11 bits per heavy atom. The molecule has 0 unspecified atom stereocenters. The normalized spacial score (nSPS) is 28.5. The van der Waals surface area contributed by atoms with Gasteiger partial charge in [0.1, 0.15) is 24.4 Å². The van der Waals surface area contributed by atoms with E-state index in [1.54, 1.807) is 13.2 Å². The minimum atomic E-state index is -1.63. The summed E-state index contributed by atoms with van der Waals surface area (Å²) in [7, 11) is 1.42. The fraction of sp³-hybridized carbons (Fsp3) is 0.625. The van der Waals surface area contributed by atoms with E-state index in [0.29, 0.717) is 30.4 Å². The van der Waals surface area contributed by atoms with E-state index in [4.69, 9.17) is 23.4 Å². The average molecular weight is 497 g/mol. The van der Waals surface area contributed by atoms with Crippen molar-refractivity contribution in [1.29, 1.82) is 0 Å². The van der Waals surface area contributed by atoms with Gasteiger partial charge < -0.3 is 48.9 Å². The van der Waals surface area contributed by atoms with Crippen molar-refractivity contribution < 1.29 is 53.7 Å². The second-order valence-electron chi connectivity index (χ2n) is 8.77. The molecule has 11 nitrogen and oxygen atoms in total. The van der Waals surface area contributed by atoms with Crippen molar-refractivity contribution >= 4 is 16.9 Å². The van der Waals surface area contributed by atoms with E-state index in [0.717, 1.165) is 16.5 Å². The van der Waals surface area contributed by atoms with Gasteiger partial charge in [0.05, 0.1) is 32.5 Å². The van der Waals surface area contributed by atoms with Crippen LogP contribution in [-0.4, -0.2) is 89.1 Å². The Balaban J connectivity index is 1.83. The van der Waals surface area contributed by atoms with Crippen molar-refractivity contribution in [3.05, 3.63) is 23.0 Å². The highest BCUT2D eigenvalue weighted by molar-refractivity contribution is 5.94. The van der Waals surface area contributed by atoms with E-state index < -0.39 is 43.2 Å². The molecule has 1 aromatic heterocycles. The summed E-state index contributed by atoms with van der Waals surface area (Å²) in [5, 5.41) is 50.7. The number of methoxy groups -OCH3 is 1. The first-order valence-corrected chi connectivity index (χ1v) is 11.7. The number of rotatable bonds is 8. The number of ether oxygens (including phenoxy) is 4. The van der Waals surface area contributed by atoms with Crippen molar-refractivity contribution in [2.24, 2.45) is 5.92 Å². The molecule has 0 amide bonds. The van der Waals surface area contributed by atoms with Crippen LogP contribution in [0.2, 0.25) is 0 Å². The molecule has 194 valence electrons. The Morgan fingerprint density at radius 3 is 2.54 bits per heavy atom. The standard InChI is InChI=1S/C24H32O11/c1-3-32-23(30)11-4-5-13-14(8-11)20(22(31-2)21-16(13)12(6-7-25)10-33-21)35-24-19(29)18(28)17(27)15(9-26)34-24/h10-11,15,17-19,24-29H,3-9H2,1-2H3/t11-,15-,17-,18+,19-,24-/m1/s1. The lowest BCUT2D eigenvalue weighted by Gasteiger charge is -2.40. The molecule has 1 aliphatic heterocycles. The highest BCUT2D eigenvalue weighted by Gasteiger charge is 2.46. The van der Waals surface area contributed by atoms with E-state index >= 15 is 0 Å². The second kappa shape index (κ2) is 10.7. The van der Waals surface area contributed by atoms with Crippen LogP contribution >= 0.6 is 0 Å². The number of esters is 1. The molecule has 6 atom stereocenters. The van der Waals surface area contributed by atoms with Crippen LogP contribution in [0.4, 0.5) is 0 Å². The molecule has 1 saturated heterocycles. The van der Waals surface area contributed by atoms with Crippen LogP contribution in [0.15, 0.2) is 10.7 Å². The zero-order valence-corrected chi connectivity index (χ0v) is 19.7. The van der Waals surface area contributed by atoms with E-state index in [1.165, 1.54) is 7.11 Å². The predicted molar refractivity (Wildman–Crippen MR) is 120 cm³/mol. The molecule has 2 aliphatic rings. The molecule has 2 heterocycles. The Labute approximate surface area is 201 Å². The molecule has 2 aromatic rings. The number of aliphatic hydroxyl groups excluding tert-OH is 5. The van der Waals surface area contributed by atoms with Crippen LogP contribution in [0.5, 0.6) is 11.5 Å². The summed E-state index contributed by atoms with van der Waals surface area (Å²) >= 11 is 0. The fourth-order valence-electron chi connectivity index (χ4n) is 4.94. The third kappa shape index (κ3) is 4.59. The first-order valence-electron chi connectivity index (χ1n) is 11.7. The zero-order valence-electron chi connectivity index (χ0n) is 19.7. The van der Waals surface area contributed by atoms with Gasteiger partial charge in [-0.2, -0.15) is 0 Å². The molecule has 4 rings (SSSR count). The third-order valence-electron chi connectivity index (χ3n) is 6.70. The highest BCUT2D eigenvalue weighted by Crippen LogP contribution is 2.48. The quantitative estimate of drug-likeness (QED) is 0.308. The highest BCUT2D eigenvalue weighted by atomic mass is 16.7. The zero-order chi connectivity index (χ0) is 25.3. The van der Waals surface area contributed by atoms with Crippen LogP contribution in [0, 0.1) is 5.92 Å². The van der Waals surface area contributed by atoms with Crippen molar-refractivity contribution in [3.8, 4) is 11.5 Å². The number of furan rings is 1. The van der Waals surface area contributed by atoms with E-state index in [-0.39, 0.29) is 37.1 Å². The number of hydrogen-bond donors (Lipinski definition) is 5. The van der Waals surface area contributed by atoms with Gasteiger partial charge in [0.2, 0.25) is 12.0 Å². The minimum absolute atomic E-state index is 0.0830. The first kappa shape index (κ1) is 25.7. The van der Waals surface area contributed by atoms with Gasteiger partial charge in [-0.1, -0.05) is 0 Å².